The minimum Gasteiger partial charge on any atom is -0.478 e. The Morgan fingerprint density at radius 1 is 1.33 bits per heavy atom. The van der Waals surface area contributed by atoms with Gasteiger partial charge in [0.1, 0.15) is 5.82 Å². The van der Waals surface area contributed by atoms with Crippen LogP contribution >= 0.6 is 15.9 Å². The van der Waals surface area contributed by atoms with Crippen LogP contribution in [0.1, 0.15) is 28.9 Å². The standard InChI is InChI=1S/C15H14BrFN2O2/c1-8(9-2-4-10(16)5-3-9)19-14-7-12(17)11(15(20)21)6-13(14)18/h2-8,19H,18H2,1H3,(H,20,21). The van der Waals surface area contributed by atoms with Gasteiger partial charge in [-0.25, -0.2) is 9.18 Å². The summed E-state index contributed by atoms with van der Waals surface area (Å²) in [4.78, 5) is 10.8. The number of hydrogen-bond donors (Lipinski definition) is 3. The Hall–Kier alpha value is -2.08. The molecule has 4 nitrogen and oxygen atoms in total. The van der Waals surface area contributed by atoms with Crippen molar-refractivity contribution in [1.82, 2.24) is 0 Å². The van der Waals surface area contributed by atoms with Gasteiger partial charge in [-0.15, -0.1) is 0 Å². The van der Waals surface area contributed by atoms with Gasteiger partial charge in [-0.2, -0.15) is 0 Å². The molecular formula is C15H14BrFN2O2. The summed E-state index contributed by atoms with van der Waals surface area (Å²) in [6.07, 6.45) is 0. The summed E-state index contributed by atoms with van der Waals surface area (Å²) < 4.78 is 14.7. The highest BCUT2D eigenvalue weighted by Crippen LogP contribution is 2.27. The van der Waals surface area contributed by atoms with E-state index in [4.69, 9.17) is 10.8 Å². The van der Waals surface area contributed by atoms with Crippen molar-refractivity contribution >= 4 is 33.3 Å². The van der Waals surface area contributed by atoms with Gasteiger partial charge in [-0.1, -0.05) is 28.1 Å². The first-order valence-corrected chi connectivity index (χ1v) is 7.02. The van der Waals surface area contributed by atoms with Crippen molar-refractivity contribution in [3.05, 3.63) is 57.8 Å². The second-order valence-corrected chi connectivity index (χ2v) is 5.56. The van der Waals surface area contributed by atoms with Gasteiger partial charge in [0.2, 0.25) is 0 Å². The molecule has 0 aliphatic rings. The highest BCUT2D eigenvalue weighted by Gasteiger charge is 2.15. The molecule has 0 bridgehead atoms. The average Bonchev–Trinajstić information content (AvgIpc) is 2.42. The van der Waals surface area contributed by atoms with Gasteiger partial charge in [-0.3, -0.25) is 0 Å². The predicted octanol–water partition coefficient (Wildman–Crippen LogP) is 4.04. The molecule has 0 spiro atoms. The maximum Gasteiger partial charge on any atom is 0.338 e. The molecule has 0 saturated heterocycles. The molecular weight excluding hydrogens is 339 g/mol. The van der Waals surface area contributed by atoms with Crippen LogP contribution in [0.15, 0.2) is 40.9 Å². The molecule has 0 heterocycles. The average molecular weight is 353 g/mol. The fourth-order valence-corrected chi connectivity index (χ4v) is 2.21. The zero-order valence-electron chi connectivity index (χ0n) is 11.2. The lowest BCUT2D eigenvalue weighted by Crippen LogP contribution is -2.10. The van der Waals surface area contributed by atoms with E-state index in [9.17, 15) is 9.18 Å². The number of aromatic carboxylic acids is 1. The Bertz CT molecular complexity index is 674. The second-order valence-electron chi connectivity index (χ2n) is 4.64. The van der Waals surface area contributed by atoms with Crippen LogP contribution in [-0.2, 0) is 0 Å². The van der Waals surface area contributed by atoms with Crippen LogP contribution in [-0.4, -0.2) is 11.1 Å². The number of nitrogen functional groups attached to an aromatic ring is 1. The largest absolute Gasteiger partial charge is 0.478 e. The lowest BCUT2D eigenvalue weighted by atomic mass is 10.1. The number of rotatable bonds is 4. The zero-order valence-corrected chi connectivity index (χ0v) is 12.8. The van der Waals surface area contributed by atoms with Crippen LogP contribution in [0.3, 0.4) is 0 Å². The van der Waals surface area contributed by atoms with Gasteiger partial charge in [0.05, 0.1) is 16.9 Å². The number of carbonyl (C=O) groups is 1. The lowest BCUT2D eigenvalue weighted by Gasteiger charge is -2.18. The smallest absolute Gasteiger partial charge is 0.338 e. The van der Waals surface area contributed by atoms with Crippen LogP contribution in [0.25, 0.3) is 0 Å². The monoisotopic (exact) mass is 352 g/mol. The van der Waals surface area contributed by atoms with E-state index in [2.05, 4.69) is 21.2 Å². The number of halogens is 2. The molecule has 21 heavy (non-hydrogen) atoms. The first-order chi connectivity index (χ1) is 9.88. The number of benzene rings is 2. The van der Waals surface area contributed by atoms with Crippen molar-refractivity contribution < 1.29 is 14.3 Å². The number of carboxylic acids is 1. The fourth-order valence-electron chi connectivity index (χ4n) is 1.95. The Morgan fingerprint density at radius 2 is 1.95 bits per heavy atom. The van der Waals surface area contributed by atoms with Gasteiger partial charge in [0.15, 0.2) is 0 Å². The van der Waals surface area contributed by atoms with E-state index in [0.717, 1.165) is 22.2 Å². The molecule has 4 N–H and O–H groups in total. The third-order valence-corrected chi connectivity index (χ3v) is 3.64. The molecule has 0 aliphatic carbocycles. The van der Waals surface area contributed by atoms with Crippen LogP contribution in [0.4, 0.5) is 15.8 Å². The molecule has 2 aromatic rings. The topological polar surface area (TPSA) is 75.3 Å². The summed E-state index contributed by atoms with van der Waals surface area (Å²) in [5.74, 6) is -2.16. The van der Waals surface area contributed by atoms with E-state index in [0.29, 0.717) is 5.69 Å². The van der Waals surface area contributed by atoms with E-state index in [-0.39, 0.29) is 11.7 Å². The summed E-state index contributed by atoms with van der Waals surface area (Å²) in [6.45, 7) is 1.91. The van der Waals surface area contributed by atoms with Crippen LogP contribution in [0, 0.1) is 5.82 Å². The molecule has 110 valence electrons. The minimum atomic E-state index is -1.34. The van der Waals surface area contributed by atoms with E-state index < -0.39 is 17.3 Å². The number of nitrogens with one attached hydrogen (secondary N) is 1. The van der Waals surface area contributed by atoms with Crippen LogP contribution in [0.2, 0.25) is 0 Å². The molecule has 0 aliphatic heterocycles. The molecule has 0 amide bonds. The molecule has 6 heteroatoms. The molecule has 2 rings (SSSR count). The predicted molar refractivity (Wildman–Crippen MR) is 84.0 cm³/mol. The van der Waals surface area contributed by atoms with E-state index >= 15 is 0 Å². The normalized spacial score (nSPS) is 12.0. The molecule has 1 unspecified atom stereocenters. The molecule has 2 aromatic carbocycles. The number of nitrogens with two attached hydrogens (primary N) is 1. The zero-order chi connectivity index (χ0) is 15.6. The molecule has 0 fully saturated rings. The number of carboxylic acid groups (broad SMARTS) is 1. The summed E-state index contributed by atoms with van der Waals surface area (Å²) in [5.41, 5.74) is 6.90. The molecule has 0 radical (unpaired) electrons. The fraction of sp³-hybridized carbons (Fsp3) is 0.133. The Balaban J connectivity index is 2.25. The quantitative estimate of drug-likeness (QED) is 0.725. The highest BCUT2D eigenvalue weighted by atomic mass is 79.9. The van der Waals surface area contributed by atoms with Crippen molar-refractivity contribution in [2.24, 2.45) is 0 Å². The summed E-state index contributed by atoms with van der Waals surface area (Å²) >= 11 is 3.36. The minimum absolute atomic E-state index is 0.101. The summed E-state index contributed by atoms with van der Waals surface area (Å²) in [5, 5.41) is 11.9. The number of hydrogen-bond acceptors (Lipinski definition) is 3. The van der Waals surface area contributed by atoms with Gasteiger partial charge in [0, 0.05) is 10.5 Å². The van der Waals surface area contributed by atoms with Gasteiger partial charge in [0.25, 0.3) is 0 Å². The molecule has 0 aromatic heterocycles. The van der Waals surface area contributed by atoms with E-state index in [1.54, 1.807) is 0 Å². The van der Waals surface area contributed by atoms with E-state index in [1.165, 1.54) is 0 Å². The maximum atomic E-state index is 13.7. The molecule has 0 saturated carbocycles. The van der Waals surface area contributed by atoms with Crippen molar-refractivity contribution in [2.45, 2.75) is 13.0 Å². The first-order valence-electron chi connectivity index (χ1n) is 6.23. The summed E-state index contributed by atoms with van der Waals surface area (Å²) in [6, 6.07) is 9.80. The van der Waals surface area contributed by atoms with Crippen molar-refractivity contribution in [3.8, 4) is 0 Å². The van der Waals surface area contributed by atoms with E-state index in [1.807, 2.05) is 31.2 Å². The van der Waals surface area contributed by atoms with Gasteiger partial charge >= 0.3 is 5.97 Å². The van der Waals surface area contributed by atoms with Crippen LogP contribution in [0.5, 0.6) is 0 Å². The number of anilines is 2. The third-order valence-electron chi connectivity index (χ3n) is 3.11. The first kappa shape index (κ1) is 15.3. The highest BCUT2D eigenvalue weighted by molar-refractivity contribution is 9.10. The second kappa shape index (κ2) is 6.13. The van der Waals surface area contributed by atoms with Crippen molar-refractivity contribution in [3.63, 3.8) is 0 Å². The Morgan fingerprint density at radius 3 is 2.52 bits per heavy atom. The molecule has 1 atom stereocenters. The maximum absolute atomic E-state index is 13.7. The van der Waals surface area contributed by atoms with Crippen molar-refractivity contribution in [1.29, 1.82) is 0 Å². The van der Waals surface area contributed by atoms with Gasteiger partial charge < -0.3 is 16.2 Å². The van der Waals surface area contributed by atoms with Crippen molar-refractivity contribution in [2.75, 3.05) is 11.1 Å². The van der Waals surface area contributed by atoms with Gasteiger partial charge in [-0.05, 0) is 36.8 Å². The van der Waals surface area contributed by atoms with Crippen LogP contribution < -0.4 is 11.1 Å². The lowest BCUT2D eigenvalue weighted by molar-refractivity contribution is 0.0692. The Kier molecular flexibility index (Phi) is 4.47. The third kappa shape index (κ3) is 3.52. The summed E-state index contributed by atoms with van der Waals surface area (Å²) in [7, 11) is 0. The SMILES string of the molecule is CC(Nc1cc(F)c(C(=O)O)cc1N)c1ccc(Br)cc1. The Labute approximate surface area is 129 Å².